The van der Waals surface area contributed by atoms with Gasteiger partial charge in [0.2, 0.25) is 0 Å². The van der Waals surface area contributed by atoms with Crippen LogP contribution in [0.15, 0.2) is 82.6 Å². The van der Waals surface area contributed by atoms with Crippen LogP contribution in [0.1, 0.15) is 47.7 Å². The Hall–Kier alpha value is -3.42. The van der Waals surface area contributed by atoms with Gasteiger partial charge in [-0.3, -0.25) is 9.59 Å². The number of benzene rings is 3. The van der Waals surface area contributed by atoms with Crippen LogP contribution in [-0.4, -0.2) is 42.9 Å². The fourth-order valence-electron chi connectivity index (χ4n) is 5.18. The van der Waals surface area contributed by atoms with Crippen molar-refractivity contribution in [2.45, 2.75) is 37.6 Å². The van der Waals surface area contributed by atoms with Crippen molar-refractivity contribution in [3.8, 4) is 0 Å². The van der Waals surface area contributed by atoms with E-state index in [9.17, 15) is 14.0 Å². The lowest BCUT2D eigenvalue weighted by molar-refractivity contribution is -0.114. The third kappa shape index (κ3) is 6.97. The zero-order valence-corrected chi connectivity index (χ0v) is 23.1. The first-order chi connectivity index (χ1) is 19.0. The molecule has 3 aromatic carbocycles. The lowest BCUT2D eigenvalue weighted by Gasteiger charge is -2.31. The summed E-state index contributed by atoms with van der Waals surface area (Å²) in [7, 11) is 0. The first kappa shape index (κ1) is 27.2. The summed E-state index contributed by atoms with van der Waals surface area (Å²) in [5, 5.41) is 3.05. The van der Waals surface area contributed by atoms with E-state index in [0.717, 1.165) is 48.0 Å². The molecule has 1 N–H and O–H groups in total. The molecule has 2 aliphatic heterocycles. The number of anilines is 1. The molecule has 0 aliphatic carbocycles. The number of hydrogen-bond acceptors (Lipinski definition) is 4. The minimum absolute atomic E-state index is 0.144. The van der Waals surface area contributed by atoms with Gasteiger partial charge in [0, 0.05) is 23.5 Å². The van der Waals surface area contributed by atoms with Crippen molar-refractivity contribution in [3.05, 3.63) is 100 Å². The molecule has 1 unspecified atom stereocenters. The average molecular weight is 544 g/mol. The monoisotopic (exact) mass is 543 g/mol. The van der Waals surface area contributed by atoms with E-state index in [1.165, 1.54) is 36.7 Å². The molecule has 3 aromatic rings. The van der Waals surface area contributed by atoms with Gasteiger partial charge >= 0.3 is 0 Å². The Kier molecular flexibility index (Phi) is 8.79. The Morgan fingerprint density at radius 3 is 2.67 bits per heavy atom. The number of halogens is 1. The maximum Gasteiger partial charge on any atom is 0.265 e. The number of amides is 2. The summed E-state index contributed by atoms with van der Waals surface area (Å²) >= 11 is 1.41. The Balaban J connectivity index is 1.33. The molecule has 0 aromatic heterocycles. The largest absolute Gasteiger partial charge is 0.352 e. The van der Waals surface area contributed by atoms with Crippen molar-refractivity contribution in [2.24, 2.45) is 5.92 Å². The van der Waals surface area contributed by atoms with Crippen LogP contribution in [0.25, 0.3) is 6.08 Å². The van der Waals surface area contributed by atoms with Crippen LogP contribution in [0.4, 0.5) is 10.1 Å². The van der Waals surface area contributed by atoms with Crippen molar-refractivity contribution in [1.82, 2.24) is 10.2 Å². The molecule has 5 nitrogen and oxygen atoms in total. The topological polar surface area (TPSA) is 52.7 Å². The molecule has 2 amide bonds. The number of fused-ring (bicyclic) bond motifs is 1. The zero-order valence-electron chi connectivity index (χ0n) is 22.2. The van der Waals surface area contributed by atoms with E-state index in [-0.39, 0.29) is 24.2 Å². The molecule has 202 valence electrons. The zero-order chi connectivity index (χ0) is 27.2. The summed E-state index contributed by atoms with van der Waals surface area (Å²) < 4.78 is 13.5. The molecular weight excluding hydrogens is 509 g/mol. The second kappa shape index (κ2) is 12.6. The second-order valence-corrected chi connectivity index (χ2v) is 11.5. The molecule has 0 spiro atoms. The van der Waals surface area contributed by atoms with Gasteiger partial charge in [-0.2, -0.15) is 0 Å². The number of hydrogen-bond donors (Lipinski definition) is 1. The summed E-state index contributed by atoms with van der Waals surface area (Å²) in [5.41, 5.74) is 2.96. The molecule has 0 saturated carbocycles. The van der Waals surface area contributed by atoms with Gasteiger partial charge in [0.1, 0.15) is 5.82 Å². The van der Waals surface area contributed by atoms with Gasteiger partial charge in [0.05, 0.1) is 17.1 Å². The maximum atomic E-state index is 13.7. The van der Waals surface area contributed by atoms with E-state index < -0.39 is 0 Å². The number of rotatable bonds is 8. The molecule has 0 radical (unpaired) electrons. The smallest absolute Gasteiger partial charge is 0.265 e. The van der Waals surface area contributed by atoms with E-state index in [1.807, 2.05) is 48.5 Å². The van der Waals surface area contributed by atoms with Gasteiger partial charge in [-0.25, -0.2) is 4.39 Å². The number of likely N-dealkylation sites (tertiary alicyclic amines) is 1. The predicted octanol–water partition coefficient (Wildman–Crippen LogP) is 6.36. The van der Waals surface area contributed by atoms with Crippen molar-refractivity contribution >= 4 is 35.3 Å². The molecule has 39 heavy (non-hydrogen) atoms. The normalized spacial score (nSPS) is 18.7. The van der Waals surface area contributed by atoms with Gasteiger partial charge in [0.25, 0.3) is 11.8 Å². The van der Waals surface area contributed by atoms with Crippen LogP contribution >= 0.6 is 11.8 Å². The van der Waals surface area contributed by atoms with Crippen molar-refractivity contribution < 1.29 is 14.0 Å². The number of piperidine rings is 1. The van der Waals surface area contributed by atoms with E-state index in [0.29, 0.717) is 22.7 Å². The molecule has 2 aliphatic rings. The minimum atomic E-state index is -0.321. The Morgan fingerprint density at radius 2 is 1.90 bits per heavy atom. The van der Waals surface area contributed by atoms with Gasteiger partial charge in [-0.1, -0.05) is 61.2 Å². The number of carbonyl (C=O) groups excluding carboxylic acids is 2. The quantitative estimate of drug-likeness (QED) is 0.265. The fourth-order valence-corrected chi connectivity index (χ4v) is 6.22. The van der Waals surface area contributed by atoms with E-state index in [4.69, 9.17) is 0 Å². The highest BCUT2D eigenvalue weighted by Gasteiger charge is 2.30. The number of thioether (sulfide) groups is 1. The maximum absolute atomic E-state index is 13.7. The predicted molar refractivity (Wildman–Crippen MR) is 156 cm³/mol. The minimum Gasteiger partial charge on any atom is -0.352 e. The molecule has 2 heterocycles. The molecule has 1 fully saturated rings. The first-order valence-electron chi connectivity index (χ1n) is 13.6. The molecule has 1 atom stereocenters. The van der Waals surface area contributed by atoms with E-state index in [2.05, 4.69) is 17.1 Å². The highest BCUT2D eigenvalue weighted by Crippen LogP contribution is 2.43. The van der Waals surface area contributed by atoms with Gasteiger partial charge < -0.3 is 15.1 Å². The first-order valence-corrected chi connectivity index (χ1v) is 14.4. The standard InChI is InChI=1S/C32H34FN3O2S/c1-23-7-5-17-35(21-23)18-6-16-34-31(37)26-12-15-29-28(20-26)36(22-25-10-13-27(33)14-11-25)32(38)30(39-29)19-24-8-3-2-4-9-24/h2-4,8-15,19-20,23H,5-7,16-18,21-22H2,1H3,(H,34,37). The Morgan fingerprint density at radius 1 is 1.10 bits per heavy atom. The Bertz CT molecular complexity index is 1340. The summed E-state index contributed by atoms with van der Waals surface area (Å²) in [5.74, 6) is 0.132. The molecule has 1 saturated heterocycles. The molecule has 0 bridgehead atoms. The highest BCUT2D eigenvalue weighted by atomic mass is 32.2. The number of nitrogens with zero attached hydrogens (tertiary/aromatic N) is 2. The Labute approximate surface area is 234 Å². The van der Waals surface area contributed by atoms with Crippen LogP contribution in [0.2, 0.25) is 0 Å². The SMILES string of the molecule is CC1CCCN(CCCNC(=O)c2ccc3c(c2)N(Cc2ccc(F)cc2)C(=O)C(=Cc2ccccc2)S3)C1. The average Bonchev–Trinajstić information content (AvgIpc) is 2.95. The molecule has 7 heteroatoms. The van der Waals surface area contributed by atoms with Crippen LogP contribution in [0.3, 0.4) is 0 Å². The van der Waals surface area contributed by atoms with Gasteiger partial charge in [-0.15, -0.1) is 0 Å². The van der Waals surface area contributed by atoms with Gasteiger partial charge in [-0.05, 0) is 85.8 Å². The fraction of sp³-hybridized carbons (Fsp3) is 0.312. The van der Waals surface area contributed by atoms with Crippen LogP contribution in [0, 0.1) is 11.7 Å². The lowest BCUT2D eigenvalue weighted by atomic mass is 10.0. The summed E-state index contributed by atoms with van der Waals surface area (Å²) in [6.45, 7) is 6.44. The number of carbonyl (C=O) groups is 2. The van der Waals surface area contributed by atoms with Crippen LogP contribution in [0.5, 0.6) is 0 Å². The summed E-state index contributed by atoms with van der Waals surface area (Å²) in [6.07, 6.45) is 5.34. The number of nitrogens with one attached hydrogen (secondary N) is 1. The van der Waals surface area contributed by atoms with E-state index >= 15 is 0 Å². The third-order valence-corrected chi connectivity index (χ3v) is 8.29. The summed E-state index contributed by atoms with van der Waals surface area (Å²) in [6, 6.07) is 21.4. The second-order valence-electron chi connectivity index (χ2n) is 10.4. The van der Waals surface area contributed by atoms with Crippen molar-refractivity contribution in [3.63, 3.8) is 0 Å². The third-order valence-electron chi connectivity index (χ3n) is 7.22. The van der Waals surface area contributed by atoms with Crippen LogP contribution in [-0.2, 0) is 11.3 Å². The van der Waals surface area contributed by atoms with Gasteiger partial charge in [0.15, 0.2) is 0 Å². The van der Waals surface area contributed by atoms with E-state index in [1.54, 1.807) is 23.1 Å². The van der Waals surface area contributed by atoms with Crippen molar-refractivity contribution in [2.75, 3.05) is 31.1 Å². The molecule has 5 rings (SSSR count). The molecular formula is C32H34FN3O2S. The van der Waals surface area contributed by atoms with Crippen molar-refractivity contribution in [1.29, 1.82) is 0 Å². The summed E-state index contributed by atoms with van der Waals surface area (Å²) in [4.78, 5) is 32.4. The van der Waals surface area contributed by atoms with Crippen LogP contribution < -0.4 is 10.2 Å². The lowest BCUT2D eigenvalue weighted by Crippen LogP contribution is -2.36. The highest BCUT2D eigenvalue weighted by molar-refractivity contribution is 8.04.